The van der Waals surface area contributed by atoms with Gasteiger partial charge in [0.15, 0.2) is 6.10 Å². The fourth-order valence-corrected chi connectivity index (χ4v) is 1.82. The molecule has 1 aromatic carbocycles. The quantitative estimate of drug-likeness (QED) is 0.644. The maximum absolute atomic E-state index is 11.9. The van der Waals surface area contributed by atoms with Gasteiger partial charge in [0.2, 0.25) is 0 Å². The van der Waals surface area contributed by atoms with Crippen LogP contribution in [0.2, 0.25) is 5.02 Å². The molecule has 0 aliphatic heterocycles. The Hall–Kier alpha value is -2.53. The van der Waals surface area contributed by atoms with Gasteiger partial charge in [0.25, 0.3) is 5.91 Å². The molecule has 23 heavy (non-hydrogen) atoms. The fraction of sp³-hybridized carbons (Fsp3) is 0.176. The molecule has 6 heteroatoms. The van der Waals surface area contributed by atoms with Crippen molar-refractivity contribution in [3.63, 3.8) is 0 Å². The highest BCUT2D eigenvalue weighted by Crippen LogP contribution is 2.16. The van der Waals surface area contributed by atoms with Gasteiger partial charge >= 0.3 is 0 Å². The van der Waals surface area contributed by atoms with E-state index in [1.54, 1.807) is 43.5 Å². The third-order valence-electron chi connectivity index (χ3n) is 2.85. The van der Waals surface area contributed by atoms with Crippen LogP contribution in [-0.2, 0) is 4.79 Å². The minimum absolute atomic E-state index is 0.345. The highest BCUT2D eigenvalue weighted by atomic mass is 35.5. The van der Waals surface area contributed by atoms with Crippen LogP contribution in [0.15, 0.2) is 57.8 Å². The van der Waals surface area contributed by atoms with E-state index >= 15 is 0 Å². The topological polar surface area (TPSA) is 63.8 Å². The molecule has 1 heterocycles. The Balaban J connectivity index is 1.83. The van der Waals surface area contributed by atoms with Crippen LogP contribution in [0.5, 0.6) is 5.75 Å². The van der Waals surface area contributed by atoms with E-state index in [0.717, 1.165) is 11.3 Å². The van der Waals surface area contributed by atoms with Gasteiger partial charge in [-0.1, -0.05) is 11.6 Å². The first-order chi connectivity index (χ1) is 11.0. The van der Waals surface area contributed by atoms with E-state index in [4.69, 9.17) is 20.8 Å². The van der Waals surface area contributed by atoms with Crippen LogP contribution in [0.1, 0.15) is 19.6 Å². The lowest BCUT2D eigenvalue weighted by Gasteiger charge is -2.12. The number of carbonyl (C=O) groups excluding carboxylic acids is 1. The molecule has 0 fully saturated rings. The molecule has 0 spiro atoms. The zero-order valence-electron chi connectivity index (χ0n) is 12.8. The second kappa shape index (κ2) is 8.19. The lowest BCUT2D eigenvalue weighted by Crippen LogP contribution is -2.33. The molecule has 2 rings (SSSR count). The van der Waals surface area contributed by atoms with Crippen molar-refractivity contribution >= 4 is 29.8 Å². The van der Waals surface area contributed by atoms with Crippen molar-refractivity contribution in [2.75, 3.05) is 0 Å². The molecular formula is C17H17ClN2O3. The van der Waals surface area contributed by atoms with Crippen molar-refractivity contribution in [3.8, 4) is 5.75 Å². The van der Waals surface area contributed by atoms with Gasteiger partial charge < -0.3 is 9.15 Å². The number of nitrogens with one attached hydrogen (secondary N) is 1. The third kappa shape index (κ3) is 5.64. The summed E-state index contributed by atoms with van der Waals surface area (Å²) >= 11 is 5.79. The van der Waals surface area contributed by atoms with Gasteiger partial charge in [0.1, 0.15) is 11.5 Å². The Morgan fingerprint density at radius 1 is 1.35 bits per heavy atom. The number of ether oxygens (including phenoxy) is 1. The molecule has 0 aliphatic rings. The van der Waals surface area contributed by atoms with E-state index in [2.05, 4.69) is 10.5 Å². The average Bonchev–Trinajstić information content (AvgIpc) is 3.02. The highest BCUT2D eigenvalue weighted by molar-refractivity contribution is 6.30. The number of allylic oxidation sites excluding steroid dienone is 1. The van der Waals surface area contributed by atoms with Crippen LogP contribution in [0, 0.1) is 0 Å². The Morgan fingerprint density at radius 2 is 2.09 bits per heavy atom. The summed E-state index contributed by atoms with van der Waals surface area (Å²) in [5.74, 6) is 0.941. The van der Waals surface area contributed by atoms with Gasteiger partial charge in [0, 0.05) is 5.02 Å². The van der Waals surface area contributed by atoms with Crippen LogP contribution in [-0.4, -0.2) is 18.2 Å². The molecule has 1 N–H and O–H groups in total. The van der Waals surface area contributed by atoms with Gasteiger partial charge in [-0.25, -0.2) is 5.43 Å². The zero-order valence-corrected chi connectivity index (χ0v) is 13.6. The lowest BCUT2D eigenvalue weighted by molar-refractivity contribution is -0.127. The molecule has 5 nitrogen and oxygen atoms in total. The minimum atomic E-state index is -0.678. The molecule has 120 valence electrons. The number of furan rings is 1. The van der Waals surface area contributed by atoms with E-state index in [1.807, 2.05) is 19.1 Å². The summed E-state index contributed by atoms with van der Waals surface area (Å²) in [6.07, 6.45) is 4.26. The predicted octanol–water partition coefficient (Wildman–Crippen LogP) is 3.91. The van der Waals surface area contributed by atoms with Crippen LogP contribution in [0.4, 0.5) is 0 Å². The molecular weight excluding hydrogens is 316 g/mol. The molecule has 1 atom stereocenters. The Labute approximate surface area is 139 Å². The monoisotopic (exact) mass is 332 g/mol. The molecule has 0 unspecified atom stereocenters. The number of hydrazone groups is 1. The number of carbonyl (C=O) groups is 1. The molecule has 1 amide bonds. The van der Waals surface area contributed by atoms with Crippen molar-refractivity contribution < 1.29 is 13.9 Å². The van der Waals surface area contributed by atoms with E-state index in [1.165, 1.54) is 6.21 Å². The third-order valence-corrected chi connectivity index (χ3v) is 3.10. The zero-order chi connectivity index (χ0) is 16.7. The normalized spacial score (nSPS) is 13.1. The van der Waals surface area contributed by atoms with Gasteiger partial charge in [-0.2, -0.15) is 5.10 Å². The number of hydrogen-bond donors (Lipinski definition) is 1. The number of hydrogen-bond acceptors (Lipinski definition) is 4. The second-order valence-corrected chi connectivity index (χ2v) is 5.29. The fourth-order valence-electron chi connectivity index (χ4n) is 1.69. The van der Waals surface area contributed by atoms with Crippen molar-refractivity contribution in [2.45, 2.75) is 20.0 Å². The summed E-state index contributed by atoms with van der Waals surface area (Å²) in [5, 5.41) is 4.50. The Bertz CT molecular complexity index is 691. The molecule has 1 aromatic heterocycles. The van der Waals surface area contributed by atoms with Gasteiger partial charge in [-0.3, -0.25) is 4.79 Å². The Morgan fingerprint density at radius 3 is 2.74 bits per heavy atom. The SMILES string of the molecule is C/C(C=NNC(=O)[C@H](C)Oc1ccc(Cl)cc1)=C\c1ccco1. The maximum atomic E-state index is 11.9. The summed E-state index contributed by atoms with van der Waals surface area (Å²) in [4.78, 5) is 11.9. The van der Waals surface area contributed by atoms with Crippen molar-refractivity contribution in [1.82, 2.24) is 5.43 Å². The summed E-state index contributed by atoms with van der Waals surface area (Å²) in [5.41, 5.74) is 3.27. The number of halogens is 1. The Kier molecular flexibility index (Phi) is 6.00. The van der Waals surface area contributed by atoms with E-state index < -0.39 is 6.10 Å². The van der Waals surface area contributed by atoms with E-state index in [0.29, 0.717) is 10.8 Å². The number of benzene rings is 1. The molecule has 0 radical (unpaired) electrons. The molecule has 0 aliphatic carbocycles. The predicted molar refractivity (Wildman–Crippen MR) is 90.5 cm³/mol. The molecule has 2 aromatic rings. The van der Waals surface area contributed by atoms with Gasteiger partial charge in [0.05, 0.1) is 12.5 Å². The standard InChI is InChI=1S/C17H17ClN2O3/c1-12(10-16-4-3-9-22-16)11-19-20-17(21)13(2)23-15-7-5-14(18)6-8-15/h3-11,13H,1-2H3,(H,20,21)/b12-10+,19-11?/t13-/m0/s1. The van der Waals surface area contributed by atoms with Crippen LogP contribution >= 0.6 is 11.6 Å². The van der Waals surface area contributed by atoms with Gasteiger partial charge in [-0.15, -0.1) is 0 Å². The first-order valence-electron chi connectivity index (χ1n) is 7.01. The largest absolute Gasteiger partial charge is 0.481 e. The van der Waals surface area contributed by atoms with Crippen molar-refractivity contribution in [3.05, 3.63) is 59.0 Å². The van der Waals surface area contributed by atoms with Gasteiger partial charge in [-0.05, 0) is 61.9 Å². The second-order valence-electron chi connectivity index (χ2n) is 4.85. The molecule has 0 saturated heterocycles. The lowest BCUT2D eigenvalue weighted by atomic mass is 10.3. The summed E-state index contributed by atoms with van der Waals surface area (Å²) in [7, 11) is 0. The first kappa shape index (κ1) is 16.8. The summed E-state index contributed by atoms with van der Waals surface area (Å²) in [6, 6.07) is 10.4. The van der Waals surface area contributed by atoms with E-state index in [9.17, 15) is 4.79 Å². The smallest absolute Gasteiger partial charge is 0.280 e. The average molecular weight is 333 g/mol. The first-order valence-corrected chi connectivity index (χ1v) is 7.39. The van der Waals surface area contributed by atoms with Crippen molar-refractivity contribution in [2.24, 2.45) is 5.10 Å². The molecule has 0 bridgehead atoms. The minimum Gasteiger partial charge on any atom is -0.481 e. The number of nitrogens with zero attached hydrogens (tertiary/aromatic N) is 1. The van der Waals surface area contributed by atoms with Crippen LogP contribution < -0.4 is 10.2 Å². The summed E-state index contributed by atoms with van der Waals surface area (Å²) in [6.45, 7) is 3.50. The highest BCUT2D eigenvalue weighted by Gasteiger charge is 2.13. The number of amides is 1. The number of rotatable bonds is 6. The van der Waals surface area contributed by atoms with Crippen molar-refractivity contribution in [1.29, 1.82) is 0 Å². The van der Waals surface area contributed by atoms with Crippen LogP contribution in [0.3, 0.4) is 0 Å². The summed E-state index contributed by atoms with van der Waals surface area (Å²) < 4.78 is 10.7. The van der Waals surface area contributed by atoms with E-state index in [-0.39, 0.29) is 5.91 Å². The van der Waals surface area contributed by atoms with Crippen LogP contribution in [0.25, 0.3) is 6.08 Å². The maximum Gasteiger partial charge on any atom is 0.280 e. The molecule has 0 saturated carbocycles.